The summed E-state index contributed by atoms with van der Waals surface area (Å²) in [7, 11) is -0.572. The van der Waals surface area contributed by atoms with Crippen molar-refractivity contribution in [2.24, 2.45) is 5.73 Å². The Labute approximate surface area is 229 Å². The van der Waals surface area contributed by atoms with Crippen LogP contribution in [-0.4, -0.2) is 79.7 Å². The van der Waals surface area contributed by atoms with Crippen LogP contribution >= 0.6 is 11.6 Å². The van der Waals surface area contributed by atoms with Crippen molar-refractivity contribution in [1.29, 1.82) is 0 Å². The predicted octanol–water partition coefficient (Wildman–Crippen LogP) is 4.01. The Morgan fingerprint density at radius 2 is 1.70 bits per heavy atom. The van der Waals surface area contributed by atoms with Crippen LogP contribution < -0.4 is 11.1 Å². The third kappa shape index (κ3) is 10.4. The van der Waals surface area contributed by atoms with Crippen molar-refractivity contribution >= 4 is 30.5 Å². The zero-order valence-electron chi connectivity index (χ0n) is 24.0. The molecule has 212 valence electrons. The maximum Gasteiger partial charge on any atom is 0.481 e. The van der Waals surface area contributed by atoms with Gasteiger partial charge in [0.05, 0.1) is 42.8 Å². The molecule has 2 unspecified atom stereocenters. The highest BCUT2D eigenvalue weighted by molar-refractivity contribution is 6.48. The molecule has 37 heavy (non-hydrogen) atoms. The van der Waals surface area contributed by atoms with Crippen LogP contribution in [0.2, 0.25) is 0 Å². The Balaban J connectivity index is 0.00000163. The number of carbonyl (C=O) groups is 2. The van der Waals surface area contributed by atoms with Crippen LogP contribution in [0.25, 0.3) is 0 Å². The fourth-order valence-corrected chi connectivity index (χ4v) is 4.22. The highest BCUT2D eigenvalue weighted by Crippen LogP contribution is 2.38. The van der Waals surface area contributed by atoms with Gasteiger partial charge in [0.25, 0.3) is 0 Å². The molecule has 0 spiro atoms. The summed E-state index contributed by atoms with van der Waals surface area (Å²) in [4.78, 5) is 27.2. The molecule has 0 radical (unpaired) electrons. The number of morpholine rings is 1. The summed E-state index contributed by atoms with van der Waals surface area (Å²) in [6, 6.07) is -0.922. The van der Waals surface area contributed by atoms with E-state index in [1.54, 1.807) is 4.90 Å². The topological polar surface area (TPSA) is 103 Å². The van der Waals surface area contributed by atoms with E-state index in [1.165, 1.54) is 12.0 Å². The normalized spacial score (nSPS) is 21.5. The second-order valence-electron chi connectivity index (χ2n) is 10.2. The smallest absolute Gasteiger partial charge is 0.402 e. The van der Waals surface area contributed by atoms with Crippen LogP contribution in [0.5, 0.6) is 0 Å². The summed E-state index contributed by atoms with van der Waals surface area (Å²) >= 11 is 4.64. The number of halogens is 1. The van der Waals surface area contributed by atoms with Crippen LogP contribution in [0, 0.1) is 0 Å². The number of allylic oxidation sites excluding steroid dienone is 4. The van der Waals surface area contributed by atoms with Crippen molar-refractivity contribution in [2.75, 3.05) is 32.7 Å². The number of ether oxygens (including phenoxy) is 1. The predicted molar refractivity (Wildman–Crippen MR) is 151 cm³/mol. The van der Waals surface area contributed by atoms with Crippen molar-refractivity contribution in [2.45, 2.75) is 103 Å². The molecule has 1 aliphatic carbocycles. The first-order chi connectivity index (χ1) is 17.6. The van der Waals surface area contributed by atoms with Crippen molar-refractivity contribution in [1.82, 2.24) is 10.2 Å². The Hall–Kier alpha value is -1.39. The van der Waals surface area contributed by atoms with E-state index in [0.29, 0.717) is 32.7 Å². The Kier molecular flexibility index (Phi) is 15.0. The van der Waals surface area contributed by atoms with Gasteiger partial charge in [-0.1, -0.05) is 37.6 Å². The number of alkyl halides is 1. The van der Waals surface area contributed by atoms with Crippen LogP contribution in [0.1, 0.15) is 80.1 Å². The zero-order valence-corrected chi connectivity index (χ0v) is 24.7. The molecule has 3 N–H and O–H groups in total. The number of amides is 2. The number of carbonyl (C=O) groups excluding carboxylic acids is 2. The standard InChI is InChI=1S/C24H40BN3O5.C2H6.CH3Cl/c1-23(2)24(3,4)33-25(32-23)20(12-8-11-18-9-6-5-7-10-18)27-22(30)19(26)17-21(29)28-13-15-31-16-14-28;2*1-2/h6,9-10,19-20H,5,7-8,11-17,26H2,1-4H3,(H,27,30);1-2H3;1H3. The van der Waals surface area contributed by atoms with E-state index in [9.17, 15) is 9.59 Å². The first-order valence-corrected chi connectivity index (χ1v) is 14.4. The number of nitrogens with one attached hydrogen (secondary N) is 1. The van der Waals surface area contributed by atoms with Crippen molar-refractivity contribution < 1.29 is 23.6 Å². The number of hydrogen-bond acceptors (Lipinski definition) is 6. The summed E-state index contributed by atoms with van der Waals surface area (Å²) in [5.41, 5.74) is 6.47. The van der Waals surface area contributed by atoms with Gasteiger partial charge in [-0.3, -0.25) is 9.59 Å². The number of nitrogens with zero attached hydrogens (tertiary/aromatic N) is 1. The number of rotatable bonds is 9. The van der Waals surface area contributed by atoms with E-state index < -0.39 is 24.4 Å². The monoisotopic (exact) mass is 541 g/mol. The van der Waals surface area contributed by atoms with Gasteiger partial charge in [0.2, 0.25) is 11.8 Å². The van der Waals surface area contributed by atoms with Gasteiger partial charge < -0.3 is 30.0 Å². The van der Waals surface area contributed by atoms with Gasteiger partial charge in [-0.25, -0.2) is 0 Å². The highest BCUT2D eigenvalue weighted by Gasteiger charge is 2.54. The van der Waals surface area contributed by atoms with E-state index in [4.69, 9.17) is 19.8 Å². The lowest BCUT2D eigenvalue weighted by molar-refractivity contribution is -0.137. The molecule has 3 aliphatic rings. The molecule has 0 aromatic heterocycles. The molecule has 2 fully saturated rings. The second-order valence-corrected chi connectivity index (χ2v) is 10.2. The quantitative estimate of drug-likeness (QED) is 0.338. The number of nitrogens with two attached hydrogens (primary N) is 1. The summed E-state index contributed by atoms with van der Waals surface area (Å²) in [5, 5.41) is 3.03. The molecular formula is C27H49BClN3O5. The van der Waals surface area contributed by atoms with Gasteiger partial charge in [0.1, 0.15) is 0 Å². The Morgan fingerprint density at radius 3 is 2.24 bits per heavy atom. The SMILES string of the molecule is CC.CC1(C)OB(C(CCCC2=CCCC=C2)NC(=O)C(N)CC(=O)N2CCOCC2)OC1(C)C.CCl. The van der Waals surface area contributed by atoms with Gasteiger partial charge in [-0.15, -0.1) is 11.6 Å². The Morgan fingerprint density at radius 1 is 1.11 bits per heavy atom. The lowest BCUT2D eigenvalue weighted by Crippen LogP contribution is -2.54. The maximum absolute atomic E-state index is 13.0. The minimum atomic E-state index is -0.922. The maximum atomic E-state index is 13.0. The Bertz CT molecular complexity index is 753. The molecule has 2 heterocycles. The minimum absolute atomic E-state index is 0.0282. The molecule has 10 heteroatoms. The molecule has 8 nitrogen and oxygen atoms in total. The third-order valence-corrected chi connectivity index (χ3v) is 7.08. The van der Waals surface area contributed by atoms with Crippen LogP contribution in [-0.2, 0) is 23.6 Å². The highest BCUT2D eigenvalue weighted by atomic mass is 35.5. The average Bonchev–Trinajstić information content (AvgIpc) is 3.13. The largest absolute Gasteiger partial charge is 0.481 e. The minimum Gasteiger partial charge on any atom is -0.402 e. The van der Waals surface area contributed by atoms with Gasteiger partial charge in [0, 0.05) is 19.5 Å². The van der Waals surface area contributed by atoms with E-state index in [-0.39, 0.29) is 24.2 Å². The molecule has 2 saturated heterocycles. The summed E-state index contributed by atoms with van der Waals surface area (Å²) in [5.74, 6) is -0.825. The summed E-state index contributed by atoms with van der Waals surface area (Å²) < 4.78 is 17.7. The van der Waals surface area contributed by atoms with Gasteiger partial charge in [0.15, 0.2) is 0 Å². The first kappa shape index (κ1) is 33.6. The van der Waals surface area contributed by atoms with Crippen molar-refractivity contribution in [3.05, 3.63) is 23.8 Å². The second kappa shape index (κ2) is 16.5. The molecule has 0 aromatic rings. The van der Waals surface area contributed by atoms with E-state index in [0.717, 1.165) is 25.7 Å². The van der Waals surface area contributed by atoms with Crippen molar-refractivity contribution in [3.8, 4) is 0 Å². The van der Waals surface area contributed by atoms with Crippen LogP contribution in [0.4, 0.5) is 0 Å². The van der Waals surface area contributed by atoms with Gasteiger partial charge in [-0.2, -0.15) is 0 Å². The summed E-state index contributed by atoms with van der Waals surface area (Å²) in [6.07, 6.45) is 12.8. The van der Waals surface area contributed by atoms with Crippen LogP contribution in [0.15, 0.2) is 23.8 Å². The number of hydrogen-bond donors (Lipinski definition) is 2. The molecule has 2 atom stereocenters. The molecule has 0 saturated carbocycles. The molecular weight excluding hydrogens is 493 g/mol. The van der Waals surface area contributed by atoms with E-state index in [2.05, 4.69) is 35.1 Å². The first-order valence-electron chi connectivity index (χ1n) is 13.6. The van der Waals surface area contributed by atoms with Crippen LogP contribution in [0.3, 0.4) is 0 Å². The van der Waals surface area contributed by atoms with E-state index in [1.807, 2.05) is 41.5 Å². The lowest BCUT2D eigenvalue weighted by Gasteiger charge is -2.32. The lowest BCUT2D eigenvalue weighted by atomic mass is 9.75. The summed E-state index contributed by atoms with van der Waals surface area (Å²) in [6.45, 7) is 14.1. The van der Waals surface area contributed by atoms with Gasteiger partial charge in [-0.05, 0) is 59.8 Å². The van der Waals surface area contributed by atoms with Crippen molar-refractivity contribution in [3.63, 3.8) is 0 Å². The molecule has 2 aliphatic heterocycles. The molecule has 0 aromatic carbocycles. The third-order valence-electron chi connectivity index (χ3n) is 7.08. The fourth-order valence-electron chi connectivity index (χ4n) is 4.22. The van der Waals surface area contributed by atoms with E-state index >= 15 is 0 Å². The zero-order chi connectivity index (χ0) is 28.1. The van der Waals surface area contributed by atoms with Gasteiger partial charge >= 0.3 is 7.12 Å². The fraction of sp³-hybridized carbons (Fsp3) is 0.778. The molecule has 3 rings (SSSR count). The average molecular weight is 542 g/mol. The molecule has 0 bridgehead atoms. The molecule has 2 amide bonds.